The average molecular weight is 383 g/mol. The van der Waals surface area contributed by atoms with Crippen molar-refractivity contribution in [1.82, 2.24) is 4.98 Å². The molecule has 10 heteroatoms. The molecule has 0 spiro atoms. The molecule has 25 heavy (non-hydrogen) atoms. The van der Waals surface area contributed by atoms with Crippen molar-refractivity contribution in [2.45, 2.75) is 26.4 Å². The number of phenolic OH excluding ortho intramolecular Hbond substituents is 1. The number of carbonyl (C=O) groups is 1. The topological polar surface area (TPSA) is 50.2 Å². The third-order valence-corrected chi connectivity index (χ3v) is 4.69. The number of rotatable bonds is 1. The Labute approximate surface area is 141 Å². The highest BCUT2D eigenvalue weighted by molar-refractivity contribution is 7.17. The molecule has 0 saturated carbocycles. The molecule has 0 fully saturated rings. The number of ketones is 1. The Morgan fingerprint density at radius 2 is 1.84 bits per heavy atom. The number of fused-ring (bicyclic) bond motifs is 1. The van der Waals surface area contributed by atoms with Gasteiger partial charge in [-0.05, 0) is 18.9 Å². The van der Waals surface area contributed by atoms with Gasteiger partial charge in [-0.15, -0.1) is 11.3 Å². The highest BCUT2D eigenvalue weighted by Gasteiger charge is 2.29. The number of aromatic nitrogens is 1. The highest BCUT2D eigenvalue weighted by atomic mass is 32.1. The number of carbonyl (C=O) groups excluding carboxylic acids is 1. The molecule has 0 saturated heterocycles. The fourth-order valence-electron chi connectivity index (χ4n) is 2.28. The van der Waals surface area contributed by atoms with Gasteiger partial charge in [-0.3, -0.25) is 4.79 Å². The van der Waals surface area contributed by atoms with Gasteiger partial charge in [0.1, 0.15) is 5.01 Å². The Morgan fingerprint density at radius 1 is 1.24 bits per heavy atom. The second-order valence-corrected chi connectivity index (χ2v) is 6.23. The first-order valence-corrected chi connectivity index (χ1v) is 7.78. The van der Waals surface area contributed by atoms with Gasteiger partial charge in [-0.25, -0.2) is 13.8 Å². The average Bonchev–Trinajstić information content (AvgIpc) is 2.96. The lowest BCUT2D eigenvalue weighted by Gasteiger charge is -2.14. The number of aromatic hydroxyl groups is 1. The highest BCUT2D eigenvalue weighted by Crippen LogP contribution is 2.38. The van der Waals surface area contributed by atoms with Crippen LogP contribution in [-0.4, -0.2) is 22.6 Å². The maximum absolute atomic E-state index is 13.8. The van der Waals surface area contributed by atoms with Crippen molar-refractivity contribution in [3.8, 4) is 16.3 Å². The normalized spacial score (nSPS) is 16.5. The maximum Gasteiger partial charge on any atom is 0.379 e. The number of hydrogen-bond donors (Lipinski definition) is 1. The van der Waals surface area contributed by atoms with Crippen molar-refractivity contribution >= 4 is 17.1 Å². The lowest BCUT2D eigenvalue weighted by atomic mass is 9.92. The van der Waals surface area contributed by atoms with Crippen LogP contribution in [0.5, 0.6) is 5.75 Å². The second kappa shape index (κ2) is 7.42. The fourth-order valence-corrected chi connectivity index (χ4v) is 3.45. The van der Waals surface area contributed by atoms with Crippen LogP contribution in [0.4, 0.5) is 26.3 Å². The van der Waals surface area contributed by atoms with Gasteiger partial charge in [0, 0.05) is 5.92 Å². The Morgan fingerprint density at radius 3 is 2.44 bits per heavy atom. The first-order valence-electron chi connectivity index (χ1n) is 6.96. The van der Waals surface area contributed by atoms with Crippen LogP contribution in [0.15, 0.2) is 6.07 Å². The summed E-state index contributed by atoms with van der Waals surface area (Å²) in [5, 5.41) is 9.08. The lowest BCUT2D eigenvalue weighted by Crippen LogP contribution is -2.18. The maximum atomic E-state index is 13.8. The van der Waals surface area contributed by atoms with E-state index in [-0.39, 0.29) is 22.3 Å². The summed E-state index contributed by atoms with van der Waals surface area (Å²) in [6.07, 6.45) is 1.22. The summed E-state index contributed by atoms with van der Waals surface area (Å²) in [5.74, 6) is -5.87. The van der Waals surface area contributed by atoms with Crippen LogP contribution in [0, 0.1) is 23.4 Å². The molecule has 1 heterocycles. The van der Waals surface area contributed by atoms with Crippen LogP contribution in [-0.2, 0) is 6.42 Å². The molecule has 1 atom stereocenters. The van der Waals surface area contributed by atoms with Crippen LogP contribution >= 0.6 is 11.3 Å². The number of hydrogen-bond acceptors (Lipinski definition) is 4. The van der Waals surface area contributed by atoms with Gasteiger partial charge in [0.05, 0.1) is 16.1 Å². The van der Waals surface area contributed by atoms with Crippen molar-refractivity contribution < 1.29 is 36.2 Å². The SMILES string of the molecule is CC1CCc2nc(-c3cc(F)c(O)c(F)c3F)sc2C1=O.FC(F)F. The van der Waals surface area contributed by atoms with Crippen LogP contribution in [0.25, 0.3) is 10.6 Å². The molecule has 0 aliphatic heterocycles. The third kappa shape index (κ3) is 3.94. The molecule has 1 aromatic heterocycles. The summed E-state index contributed by atoms with van der Waals surface area (Å²) < 4.78 is 69.6. The van der Waals surface area contributed by atoms with E-state index in [9.17, 15) is 31.1 Å². The van der Waals surface area contributed by atoms with Gasteiger partial charge in [-0.1, -0.05) is 6.92 Å². The monoisotopic (exact) mass is 383 g/mol. The summed E-state index contributed by atoms with van der Waals surface area (Å²) in [5.41, 5.74) is 0.147. The minimum Gasteiger partial charge on any atom is -0.503 e. The van der Waals surface area contributed by atoms with Crippen LogP contribution < -0.4 is 0 Å². The molecule has 3 nitrogen and oxygen atoms in total. The predicted octanol–water partition coefficient (Wildman–Crippen LogP) is 4.88. The van der Waals surface area contributed by atoms with E-state index in [1.807, 2.05) is 0 Å². The standard InChI is InChI=1S/C14H10F3NO2S.CHF3/c1-5-2-3-8-13(11(5)19)21-14(18-8)6-4-7(15)12(20)10(17)9(6)16;2-1(3)4/h4-5,20H,2-3H2,1H3;1H. The van der Waals surface area contributed by atoms with E-state index in [1.54, 1.807) is 6.92 Å². The summed E-state index contributed by atoms with van der Waals surface area (Å²) in [6, 6.07) is 0.686. The van der Waals surface area contributed by atoms with Crippen molar-refractivity contribution in [1.29, 1.82) is 0 Å². The Balaban J connectivity index is 0.000000511. The molecule has 0 radical (unpaired) electrons. The molecule has 1 N–H and O–H groups in total. The van der Waals surface area contributed by atoms with Crippen LogP contribution in [0.3, 0.4) is 0 Å². The van der Waals surface area contributed by atoms with Crippen LogP contribution in [0.2, 0.25) is 0 Å². The predicted molar refractivity (Wildman–Crippen MR) is 78.0 cm³/mol. The number of aryl methyl sites for hydroxylation is 1. The number of Topliss-reactive ketones (excluding diaryl/α,β-unsaturated/α-hetero) is 1. The quantitative estimate of drug-likeness (QED) is 0.564. The summed E-state index contributed by atoms with van der Waals surface area (Å²) >= 11 is 0.922. The Hall–Kier alpha value is -2.10. The third-order valence-electron chi connectivity index (χ3n) is 3.55. The lowest BCUT2D eigenvalue weighted by molar-refractivity contribution is 0.00818. The number of alkyl halides is 3. The van der Waals surface area contributed by atoms with E-state index in [4.69, 9.17) is 5.11 Å². The fraction of sp³-hybridized carbons (Fsp3) is 0.333. The Kier molecular flexibility index (Phi) is 5.71. The molecule has 2 aromatic rings. The van der Waals surface area contributed by atoms with E-state index in [0.29, 0.717) is 29.5 Å². The minimum atomic E-state index is -3.67. The number of thiazole rings is 1. The van der Waals surface area contributed by atoms with E-state index in [2.05, 4.69) is 4.98 Å². The van der Waals surface area contributed by atoms with E-state index in [1.165, 1.54) is 0 Å². The molecule has 3 rings (SSSR count). The summed E-state index contributed by atoms with van der Waals surface area (Å²) in [7, 11) is 0. The first-order chi connectivity index (χ1) is 11.6. The van der Waals surface area contributed by atoms with Gasteiger partial charge < -0.3 is 5.11 Å². The molecular formula is C15H11F6NO2S. The molecule has 0 bridgehead atoms. The number of benzene rings is 1. The molecular weight excluding hydrogens is 372 g/mol. The molecule has 1 unspecified atom stereocenters. The number of halogens is 6. The zero-order valence-corrected chi connectivity index (χ0v) is 13.4. The molecule has 1 aliphatic carbocycles. The van der Waals surface area contributed by atoms with Crippen LogP contribution in [0.1, 0.15) is 28.7 Å². The largest absolute Gasteiger partial charge is 0.503 e. The van der Waals surface area contributed by atoms with Gasteiger partial charge >= 0.3 is 6.68 Å². The molecule has 136 valence electrons. The van der Waals surface area contributed by atoms with Gasteiger partial charge in [0.15, 0.2) is 23.2 Å². The van der Waals surface area contributed by atoms with Crippen molar-refractivity contribution in [2.24, 2.45) is 5.92 Å². The van der Waals surface area contributed by atoms with Gasteiger partial charge in [-0.2, -0.15) is 17.6 Å². The zero-order chi connectivity index (χ0) is 18.9. The van der Waals surface area contributed by atoms with Gasteiger partial charge in [0.2, 0.25) is 5.82 Å². The second-order valence-electron chi connectivity index (χ2n) is 5.23. The Bertz CT molecular complexity index is 805. The van der Waals surface area contributed by atoms with Gasteiger partial charge in [0.25, 0.3) is 0 Å². The van der Waals surface area contributed by atoms with Crippen molar-refractivity contribution in [3.05, 3.63) is 34.1 Å². The molecule has 1 aliphatic rings. The number of phenols is 1. The summed E-state index contributed by atoms with van der Waals surface area (Å²) in [4.78, 5) is 16.6. The minimum absolute atomic E-state index is 0.0396. The van der Waals surface area contributed by atoms with E-state index < -0.39 is 29.9 Å². The number of nitrogens with zero attached hydrogens (tertiary/aromatic N) is 1. The van der Waals surface area contributed by atoms with Crippen molar-refractivity contribution in [2.75, 3.05) is 0 Å². The zero-order valence-electron chi connectivity index (χ0n) is 12.6. The van der Waals surface area contributed by atoms with E-state index in [0.717, 1.165) is 11.3 Å². The van der Waals surface area contributed by atoms with E-state index >= 15 is 0 Å². The molecule has 1 aromatic carbocycles. The molecule has 0 amide bonds. The first kappa shape index (κ1) is 19.2. The summed E-state index contributed by atoms with van der Waals surface area (Å²) in [6.45, 7) is -1.87. The van der Waals surface area contributed by atoms with Crippen molar-refractivity contribution in [3.63, 3.8) is 0 Å². The smallest absolute Gasteiger partial charge is 0.379 e.